The second-order valence-corrected chi connectivity index (χ2v) is 5.62. The third-order valence-corrected chi connectivity index (χ3v) is 3.01. The Morgan fingerprint density at radius 1 is 1.07 bits per heavy atom. The summed E-state index contributed by atoms with van der Waals surface area (Å²) in [6, 6.07) is 10.7. The van der Waals surface area contributed by atoms with Gasteiger partial charge >= 0.3 is 0 Å². The zero-order valence-electron chi connectivity index (χ0n) is 10.4. The summed E-state index contributed by atoms with van der Waals surface area (Å²) in [6.07, 6.45) is 3.17. The SMILES string of the molecule is C=CC(C)(C)CC(C)(C)c1ccccc1. The van der Waals surface area contributed by atoms with E-state index < -0.39 is 0 Å². The Labute approximate surface area is 94.0 Å². The number of allylic oxidation sites excluding steroid dienone is 1. The molecule has 0 unspecified atom stereocenters. The first-order valence-corrected chi connectivity index (χ1v) is 5.56. The first-order valence-electron chi connectivity index (χ1n) is 5.56. The van der Waals surface area contributed by atoms with E-state index in [9.17, 15) is 0 Å². The minimum absolute atomic E-state index is 0.194. The largest absolute Gasteiger partial charge is 0.103 e. The summed E-state index contributed by atoms with van der Waals surface area (Å²) in [5, 5.41) is 0. The van der Waals surface area contributed by atoms with Crippen LogP contribution in [-0.4, -0.2) is 0 Å². The van der Waals surface area contributed by atoms with Gasteiger partial charge in [-0.3, -0.25) is 0 Å². The molecule has 1 aromatic rings. The molecule has 0 amide bonds. The molecule has 15 heavy (non-hydrogen) atoms. The van der Waals surface area contributed by atoms with E-state index in [4.69, 9.17) is 0 Å². The minimum Gasteiger partial charge on any atom is -0.103 e. The summed E-state index contributed by atoms with van der Waals surface area (Å²) in [5.41, 5.74) is 1.80. The quantitative estimate of drug-likeness (QED) is 0.627. The minimum atomic E-state index is 0.194. The van der Waals surface area contributed by atoms with Crippen molar-refractivity contribution >= 4 is 0 Å². The fourth-order valence-electron chi connectivity index (χ4n) is 2.20. The van der Waals surface area contributed by atoms with Crippen molar-refractivity contribution in [3.05, 3.63) is 48.6 Å². The summed E-state index contributed by atoms with van der Waals surface area (Å²) in [5.74, 6) is 0. The van der Waals surface area contributed by atoms with Crippen molar-refractivity contribution in [1.82, 2.24) is 0 Å². The average molecular weight is 202 g/mol. The lowest BCUT2D eigenvalue weighted by Gasteiger charge is -2.33. The number of rotatable bonds is 4. The number of hydrogen-bond acceptors (Lipinski definition) is 0. The molecule has 0 bridgehead atoms. The van der Waals surface area contributed by atoms with E-state index in [2.05, 4.69) is 70.7 Å². The molecule has 82 valence electrons. The highest BCUT2D eigenvalue weighted by molar-refractivity contribution is 5.24. The zero-order valence-corrected chi connectivity index (χ0v) is 10.4. The molecule has 0 aliphatic rings. The van der Waals surface area contributed by atoms with Gasteiger partial charge in [-0.05, 0) is 22.8 Å². The number of hydrogen-bond donors (Lipinski definition) is 0. The van der Waals surface area contributed by atoms with Gasteiger partial charge in [-0.25, -0.2) is 0 Å². The summed E-state index contributed by atoms with van der Waals surface area (Å²) in [6.45, 7) is 13.0. The molecule has 0 aliphatic heterocycles. The van der Waals surface area contributed by atoms with Crippen LogP contribution in [0.5, 0.6) is 0 Å². The fraction of sp³-hybridized carbons (Fsp3) is 0.467. The molecule has 0 atom stereocenters. The Bertz CT molecular complexity index is 317. The van der Waals surface area contributed by atoms with Crippen LogP contribution in [0.4, 0.5) is 0 Å². The van der Waals surface area contributed by atoms with Crippen LogP contribution in [0.25, 0.3) is 0 Å². The predicted octanol–water partition coefficient (Wildman–Crippen LogP) is 4.57. The van der Waals surface area contributed by atoms with Crippen LogP contribution in [0.2, 0.25) is 0 Å². The normalized spacial score (nSPS) is 12.5. The Kier molecular flexibility index (Phi) is 3.38. The van der Waals surface area contributed by atoms with Crippen LogP contribution >= 0.6 is 0 Å². The average Bonchev–Trinajstić information content (AvgIpc) is 2.18. The zero-order chi connectivity index (χ0) is 11.5. The molecule has 1 rings (SSSR count). The van der Waals surface area contributed by atoms with Crippen LogP contribution in [0.3, 0.4) is 0 Å². The highest BCUT2D eigenvalue weighted by atomic mass is 14.3. The predicted molar refractivity (Wildman–Crippen MR) is 68.1 cm³/mol. The Morgan fingerprint density at radius 3 is 2.07 bits per heavy atom. The molecule has 0 radical (unpaired) electrons. The summed E-state index contributed by atoms with van der Waals surface area (Å²) < 4.78 is 0. The molecule has 0 heteroatoms. The summed E-state index contributed by atoms with van der Waals surface area (Å²) >= 11 is 0. The molecule has 0 spiro atoms. The van der Waals surface area contributed by atoms with Gasteiger partial charge in [0.15, 0.2) is 0 Å². The maximum Gasteiger partial charge on any atom is -0.00955 e. The molecule has 0 fully saturated rings. The topological polar surface area (TPSA) is 0 Å². The highest BCUT2D eigenvalue weighted by Crippen LogP contribution is 2.36. The van der Waals surface area contributed by atoms with Crippen LogP contribution in [0.1, 0.15) is 39.7 Å². The van der Waals surface area contributed by atoms with Crippen molar-refractivity contribution in [2.75, 3.05) is 0 Å². The van der Waals surface area contributed by atoms with Gasteiger partial charge in [0.2, 0.25) is 0 Å². The molecule has 1 aromatic carbocycles. The van der Waals surface area contributed by atoms with Gasteiger partial charge in [0, 0.05) is 0 Å². The Balaban J connectivity index is 2.89. The monoisotopic (exact) mass is 202 g/mol. The second-order valence-electron chi connectivity index (χ2n) is 5.62. The van der Waals surface area contributed by atoms with Crippen LogP contribution < -0.4 is 0 Å². The van der Waals surface area contributed by atoms with E-state index in [-0.39, 0.29) is 10.8 Å². The van der Waals surface area contributed by atoms with E-state index in [1.54, 1.807) is 0 Å². The molecule has 0 aromatic heterocycles. The standard InChI is InChI=1S/C15H22/c1-6-14(2,3)12-15(4,5)13-10-8-7-9-11-13/h6-11H,1,12H2,2-5H3. The van der Waals surface area contributed by atoms with Crippen LogP contribution in [0, 0.1) is 5.41 Å². The molecule has 0 saturated heterocycles. The van der Waals surface area contributed by atoms with E-state index in [0.29, 0.717) is 0 Å². The lowest BCUT2D eigenvalue weighted by atomic mass is 9.71. The van der Waals surface area contributed by atoms with Crippen molar-refractivity contribution in [1.29, 1.82) is 0 Å². The summed E-state index contributed by atoms with van der Waals surface area (Å²) in [4.78, 5) is 0. The maximum absolute atomic E-state index is 3.91. The first kappa shape index (κ1) is 12.0. The molecule has 0 heterocycles. The Hall–Kier alpha value is -1.04. The van der Waals surface area contributed by atoms with Crippen molar-refractivity contribution in [2.45, 2.75) is 39.5 Å². The van der Waals surface area contributed by atoms with Gasteiger partial charge in [-0.1, -0.05) is 64.1 Å². The smallest absolute Gasteiger partial charge is 0.00955 e. The van der Waals surface area contributed by atoms with Gasteiger partial charge in [0.1, 0.15) is 0 Å². The highest BCUT2D eigenvalue weighted by Gasteiger charge is 2.27. The molecular weight excluding hydrogens is 180 g/mol. The number of benzene rings is 1. The van der Waals surface area contributed by atoms with Gasteiger partial charge in [0.05, 0.1) is 0 Å². The van der Waals surface area contributed by atoms with Gasteiger partial charge in [-0.2, -0.15) is 0 Å². The second kappa shape index (κ2) is 4.22. The first-order chi connectivity index (χ1) is 6.87. The summed E-state index contributed by atoms with van der Waals surface area (Å²) in [7, 11) is 0. The third-order valence-electron chi connectivity index (χ3n) is 3.01. The Morgan fingerprint density at radius 2 is 1.60 bits per heavy atom. The van der Waals surface area contributed by atoms with E-state index in [1.807, 2.05) is 0 Å². The van der Waals surface area contributed by atoms with Crippen molar-refractivity contribution < 1.29 is 0 Å². The molecular formula is C15H22. The fourth-order valence-corrected chi connectivity index (χ4v) is 2.20. The van der Waals surface area contributed by atoms with Crippen LogP contribution in [-0.2, 0) is 5.41 Å². The van der Waals surface area contributed by atoms with E-state index in [0.717, 1.165) is 6.42 Å². The van der Waals surface area contributed by atoms with E-state index in [1.165, 1.54) is 5.56 Å². The maximum atomic E-state index is 3.91. The molecule has 0 aliphatic carbocycles. The van der Waals surface area contributed by atoms with Gasteiger partial charge < -0.3 is 0 Å². The van der Waals surface area contributed by atoms with Gasteiger partial charge in [-0.15, -0.1) is 6.58 Å². The molecule has 0 nitrogen and oxygen atoms in total. The van der Waals surface area contributed by atoms with Crippen molar-refractivity contribution in [2.24, 2.45) is 5.41 Å². The van der Waals surface area contributed by atoms with Gasteiger partial charge in [0.25, 0.3) is 0 Å². The van der Waals surface area contributed by atoms with Crippen LogP contribution in [0.15, 0.2) is 43.0 Å². The van der Waals surface area contributed by atoms with Crippen molar-refractivity contribution in [3.63, 3.8) is 0 Å². The van der Waals surface area contributed by atoms with E-state index >= 15 is 0 Å². The lowest BCUT2D eigenvalue weighted by Crippen LogP contribution is -2.25. The molecule has 0 saturated carbocycles. The van der Waals surface area contributed by atoms with Crippen molar-refractivity contribution in [3.8, 4) is 0 Å². The lowest BCUT2D eigenvalue weighted by molar-refractivity contribution is 0.322. The molecule has 0 N–H and O–H groups in total. The third kappa shape index (κ3) is 3.23.